The molecule has 8 nitrogen and oxygen atoms in total. The van der Waals surface area contributed by atoms with E-state index in [-0.39, 0.29) is 13.2 Å². The van der Waals surface area contributed by atoms with Crippen molar-refractivity contribution in [2.45, 2.75) is 32.4 Å². The lowest BCUT2D eigenvalue weighted by molar-refractivity contribution is 0.112. The molecule has 4 aliphatic rings. The van der Waals surface area contributed by atoms with Crippen molar-refractivity contribution < 1.29 is 10.2 Å². The topological polar surface area (TPSA) is 59.9 Å². The van der Waals surface area contributed by atoms with Gasteiger partial charge < -0.3 is 29.8 Å². The number of nitrogens with zero attached hydrogens (tertiary/aromatic N) is 6. The van der Waals surface area contributed by atoms with Gasteiger partial charge in [0.25, 0.3) is 0 Å². The number of benzene rings is 4. The summed E-state index contributed by atoms with van der Waals surface area (Å²) < 4.78 is 0. The number of hydrogen-bond donors (Lipinski definition) is 2. The van der Waals surface area contributed by atoms with Gasteiger partial charge in [0.15, 0.2) is 0 Å². The Hall–Kier alpha value is -2.48. The van der Waals surface area contributed by atoms with Gasteiger partial charge in [-0.2, -0.15) is 0 Å². The molecule has 0 amide bonds. The fourth-order valence-corrected chi connectivity index (χ4v) is 10.2. The maximum absolute atomic E-state index is 9.08. The summed E-state index contributed by atoms with van der Waals surface area (Å²) in [5, 5.41) is 19.7. The predicted molar refractivity (Wildman–Crippen MR) is 227 cm³/mol. The highest BCUT2D eigenvalue weighted by Gasteiger charge is 2.25. The molecular weight excluding hydrogens is 756 g/mol. The lowest BCUT2D eigenvalue weighted by Crippen LogP contribution is -2.47. The van der Waals surface area contributed by atoms with Crippen molar-refractivity contribution in [1.29, 1.82) is 0 Å². The summed E-state index contributed by atoms with van der Waals surface area (Å²) in [6.45, 7) is 14.9. The molecule has 2 N–H and O–H groups in total. The smallest absolute Gasteiger partial charge is 0.0567 e. The minimum Gasteiger partial charge on any atom is -0.395 e. The largest absolute Gasteiger partial charge is 0.395 e. The van der Waals surface area contributed by atoms with Crippen LogP contribution in [0.2, 0.25) is 10.0 Å². The molecule has 0 aromatic heterocycles. The summed E-state index contributed by atoms with van der Waals surface area (Å²) >= 11 is 16.2. The number of hydrogen-bond acceptors (Lipinski definition) is 10. The quantitative estimate of drug-likeness (QED) is 0.148. The second-order valence-corrected chi connectivity index (χ2v) is 17.2. The zero-order valence-corrected chi connectivity index (χ0v) is 34.1. The normalized spacial score (nSPS) is 17.6. The van der Waals surface area contributed by atoms with Crippen molar-refractivity contribution in [2.75, 3.05) is 115 Å². The van der Waals surface area contributed by atoms with Crippen molar-refractivity contribution in [2.24, 2.45) is 0 Å². The number of aliphatic hydroxyl groups is 2. The molecule has 0 atom stereocenters. The van der Waals surface area contributed by atoms with E-state index in [4.69, 9.17) is 33.4 Å². The number of fused-ring (bicyclic) bond motifs is 4. The molecule has 0 aliphatic carbocycles. The number of halogens is 2. The molecular formula is C42H52Cl2N6O2S2. The molecule has 54 heavy (non-hydrogen) atoms. The van der Waals surface area contributed by atoms with E-state index in [0.717, 1.165) is 115 Å². The Morgan fingerprint density at radius 2 is 0.778 bits per heavy atom. The fraction of sp³-hybridized carbons (Fsp3) is 0.429. The lowest BCUT2D eigenvalue weighted by atomic mass is 10.2. The van der Waals surface area contributed by atoms with Crippen LogP contribution in [0.5, 0.6) is 0 Å². The number of aliphatic hydroxyl groups excluding tert-OH is 2. The van der Waals surface area contributed by atoms with Crippen LogP contribution in [0, 0.1) is 0 Å². The first kappa shape index (κ1) is 39.7. The Bertz CT molecular complexity index is 1690. The summed E-state index contributed by atoms with van der Waals surface area (Å²) in [6, 6.07) is 29.7. The van der Waals surface area contributed by atoms with E-state index >= 15 is 0 Å². The van der Waals surface area contributed by atoms with Crippen molar-refractivity contribution >= 4 is 69.5 Å². The van der Waals surface area contributed by atoms with Crippen LogP contribution in [0.1, 0.15) is 12.8 Å². The molecule has 0 spiro atoms. The van der Waals surface area contributed by atoms with Gasteiger partial charge in [-0.3, -0.25) is 9.80 Å². The molecule has 4 heterocycles. The first-order chi connectivity index (χ1) is 26.5. The van der Waals surface area contributed by atoms with E-state index in [0.29, 0.717) is 0 Å². The van der Waals surface area contributed by atoms with E-state index in [1.807, 2.05) is 35.7 Å². The van der Waals surface area contributed by atoms with Gasteiger partial charge in [-0.25, -0.2) is 0 Å². The van der Waals surface area contributed by atoms with Crippen LogP contribution in [-0.2, 0) is 0 Å². The summed E-state index contributed by atoms with van der Waals surface area (Å²) in [6.07, 6.45) is 2.23. The molecule has 12 heteroatoms. The third kappa shape index (κ3) is 10.1. The van der Waals surface area contributed by atoms with Gasteiger partial charge in [-0.15, -0.1) is 0 Å². The minimum absolute atomic E-state index is 0.258. The highest BCUT2D eigenvalue weighted by atomic mass is 35.5. The van der Waals surface area contributed by atoms with E-state index in [2.05, 4.69) is 102 Å². The van der Waals surface area contributed by atoms with Gasteiger partial charge in [-0.05, 0) is 86.6 Å². The molecule has 288 valence electrons. The second-order valence-electron chi connectivity index (χ2n) is 14.2. The van der Waals surface area contributed by atoms with Crippen molar-refractivity contribution in [3.8, 4) is 0 Å². The van der Waals surface area contributed by atoms with Gasteiger partial charge in [0.1, 0.15) is 0 Å². The van der Waals surface area contributed by atoms with Crippen LogP contribution in [0.25, 0.3) is 0 Å². The van der Waals surface area contributed by atoms with Gasteiger partial charge in [-0.1, -0.05) is 71.0 Å². The van der Waals surface area contributed by atoms with E-state index < -0.39 is 0 Å². The van der Waals surface area contributed by atoms with Crippen LogP contribution in [0.4, 0.5) is 22.7 Å². The Balaban J connectivity index is 0.000000167. The first-order valence-corrected chi connectivity index (χ1v) is 21.7. The summed E-state index contributed by atoms with van der Waals surface area (Å²) in [7, 11) is 0. The highest BCUT2D eigenvalue weighted by molar-refractivity contribution is 8.00. The van der Waals surface area contributed by atoms with E-state index in [9.17, 15) is 0 Å². The van der Waals surface area contributed by atoms with Crippen molar-refractivity contribution in [1.82, 2.24) is 19.6 Å². The van der Waals surface area contributed by atoms with Crippen LogP contribution >= 0.6 is 46.7 Å². The number of para-hydroxylation sites is 2. The Morgan fingerprint density at radius 3 is 1.17 bits per heavy atom. The fourth-order valence-electron chi connectivity index (χ4n) is 7.75. The Morgan fingerprint density at radius 1 is 0.426 bits per heavy atom. The first-order valence-electron chi connectivity index (χ1n) is 19.3. The summed E-state index contributed by atoms with van der Waals surface area (Å²) in [4.78, 5) is 19.8. The molecule has 4 aromatic carbocycles. The van der Waals surface area contributed by atoms with Crippen molar-refractivity contribution in [3.63, 3.8) is 0 Å². The van der Waals surface area contributed by atoms with Crippen LogP contribution < -0.4 is 9.80 Å². The molecule has 0 saturated carbocycles. The van der Waals surface area contributed by atoms with Crippen LogP contribution in [0.3, 0.4) is 0 Å². The van der Waals surface area contributed by atoms with Gasteiger partial charge in [0.05, 0.1) is 36.0 Å². The number of β-amino-alcohol motifs (C(OH)–C–C–N with tert-alkyl or cyclic N) is 2. The lowest BCUT2D eigenvalue weighted by Gasteiger charge is -2.36. The number of rotatable bonds is 12. The molecule has 2 saturated heterocycles. The zero-order chi connectivity index (χ0) is 37.3. The predicted octanol–water partition coefficient (Wildman–Crippen LogP) is 7.89. The summed E-state index contributed by atoms with van der Waals surface area (Å²) in [5.74, 6) is 0. The van der Waals surface area contributed by atoms with Gasteiger partial charge in [0, 0.05) is 108 Å². The average molecular weight is 808 g/mol. The number of anilines is 4. The van der Waals surface area contributed by atoms with Crippen molar-refractivity contribution in [3.05, 3.63) is 95.0 Å². The van der Waals surface area contributed by atoms with Crippen LogP contribution in [-0.4, -0.2) is 135 Å². The maximum Gasteiger partial charge on any atom is 0.0567 e. The van der Waals surface area contributed by atoms with Crippen LogP contribution in [0.15, 0.2) is 105 Å². The molecule has 8 rings (SSSR count). The third-order valence-electron chi connectivity index (χ3n) is 10.6. The standard InChI is InChI=1S/2C21H26ClN3OS/c2*22-17-6-7-21-19(16-17)25(18-4-1-2-5-20(18)27-21)9-3-8-23-10-12-24(13-11-23)14-15-26/h2*1-2,4-7,16,26H,3,8-15H2. The molecule has 0 radical (unpaired) electrons. The van der Waals surface area contributed by atoms with E-state index in [1.54, 1.807) is 0 Å². The second kappa shape index (κ2) is 19.6. The summed E-state index contributed by atoms with van der Waals surface area (Å²) in [5.41, 5.74) is 5.01. The third-order valence-corrected chi connectivity index (χ3v) is 13.4. The maximum atomic E-state index is 9.08. The Labute approximate surface area is 339 Å². The van der Waals surface area contributed by atoms with Gasteiger partial charge >= 0.3 is 0 Å². The molecule has 0 unspecified atom stereocenters. The SMILES string of the molecule is OCCN1CCN(CCCN2c3ccccc3Sc3ccc(Cl)cc32)CC1.OCCN1CCN(CCCN2c3ccccc3Sc3ccc(Cl)cc32)CC1. The monoisotopic (exact) mass is 806 g/mol. The molecule has 4 aliphatic heterocycles. The molecule has 4 aromatic rings. The Kier molecular flexibility index (Phi) is 14.4. The number of piperazine rings is 2. The average Bonchev–Trinajstić information content (AvgIpc) is 3.19. The molecule has 2 fully saturated rings. The van der Waals surface area contributed by atoms with E-state index in [1.165, 1.54) is 42.3 Å². The van der Waals surface area contributed by atoms with Gasteiger partial charge in [0.2, 0.25) is 0 Å². The highest BCUT2D eigenvalue weighted by Crippen LogP contribution is 2.50. The minimum atomic E-state index is 0.258. The molecule has 0 bridgehead atoms. The zero-order valence-electron chi connectivity index (χ0n) is 31.0.